The van der Waals surface area contributed by atoms with Crippen LogP contribution in [0.4, 0.5) is 10.5 Å². The number of primary amides is 1. The van der Waals surface area contributed by atoms with E-state index in [2.05, 4.69) is 10.6 Å². The molecule has 2 aliphatic rings. The maximum Gasteiger partial charge on any atom is 0.312 e. The number of carbonyl (C=O) groups is 2. The molecule has 1 fully saturated rings. The minimum atomic E-state index is -0.714. The van der Waals surface area contributed by atoms with Crippen LogP contribution in [0.15, 0.2) is 18.2 Å². The molecule has 1 heterocycles. The summed E-state index contributed by atoms with van der Waals surface area (Å²) in [5.41, 5.74) is 5.79. The van der Waals surface area contributed by atoms with Crippen molar-refractivity contribution in [3.05, 3.63) is 18.2 Å². The zero-order chi connectivity index (χ0) is 18.0. The molecule has 3 amide bonds. The highest BCUT2D eigenvalue weighted by atomic mass is 16.7. The highest BCUT2D eigenvalue weighted by Gasteiger charge is 2.44. The van der Waals surface area contributed by atoms with Gasteiger partial charge >= 0.3 is 6.03 Å². The predicted molar refractivity (Wildman–Crippen MR) is 93.5 cm³/mol. The second-order valence-electron chi connectivity index (χ2n) is 6.84. The Kier molecular flexibility index (Phi) is 4.74. The quantitative estimate of drug-likeness (QED) is 0.762. The van der Waals surface area contributed by atoms with Crippen molar-refractivity contribution in [3.8, 4) is 11.5 Å². The molecule has 0 unspecified atom stereocenters. The predicted octanol–water partition coefficient (Wildman–Crippen LogP) is 2.75. The van der Waals surface area contributed by atoms with Crippen molar-refractivity contribution in [3.63, 3.8) is 0 Å². The minimum Gasteiger partial charge on any atom is -0.448 e. The number of anilines is 1. The van der Waals surface area contributed by atoms with Crippen molar-refractivity contribution >= 4 is 17.6 Å². The Morgan fingerprint density at radius 1 is 1.24 bits per heavy atom. The van der Waals surface area contributed by atoms with E-state index in [9.17, 15) is 9.59 Å². The average molecular weight is 347 g/mol. The topological polar surface area (TPSA) is 103 Å². The van der Waals surface area contributed by atoms with Crippen molar-refractivity contribution in [1.29, 1.82) is 0 Å². The normalized spacial score (nSPS) is 19.4. The van der Waals surface area contributed by atoms with Crippen LogP contribution in [0, 0.1) is 5.92 Å². The maximum absolute atomic E-state index is 12.5. The van der Waals surface area contributed by atoms with E-state index >= 15 is 0 Å². The molecule has 0 bridgehead atoms. The van der Waals surface area contributed by atoms with Crippen LogP contribution in [0.2, 0.25) is 0 Å². The molecular weight excluding hydrogens is 322 g/mol. The fourth-order valence-corrected chi connectivity index (χ4v) is 3.36. The number of fused-ring (bicyclic) bond motifs is 1. The maximum atomic E-state index is 12.5. The number of rotatable bonds is 5. The molecule has 136 valence electrons. The SMILES string of the molecule is CC[C@H](C)[C@@H](NC(N)=O)C(=O)Nc1ccc2c(c1)OC1(CCCC1)O2. The molecule has 1 saturated carbocycles. The number of nitrogens with one attached hydrogen (secondary N) is 2. The summed E-state index contributed by atoms with van der Waals surface area (Å²) in [5, 5.41) is 5.34. The van der Waals surface area contributed by atoms with Crippen molar-refractivity contribution in [2.45, 2.75) is 57.8 Å². The molecule has 1 aromatic carbocycles. The second-order valence-corrected chi connectivity index (χ2v) is 6.84. The van der Waals surface area contributed by atoms with Crippen LogP contribution in [-0.4, -0.2) is 23.8 Å². The number of benzene rings is 1. The summed E-state index contributed by atoms with van der Waals surface area (Å²) in [4.78, 5) is 23.7. The lowest BCUT2D eigenvalue weighted by molar-refractivity contribution is -0.119. The van der Waals surface area contributed by atoms with Gasteiger partial charge in [0.05, 0.1) is 0 Å². The van der Waals surface area contributed by atoms with Gasteiger partial charge in [0.25, 0.3) is 5.79 Å². The summed E-state index contributed by atoms with van der Waals surface area (Å²) in [7, 11) is 0. The first-order valence-corrected chi connectivity index (χ1v) is 8.81. The van der Waals surface area contributed by atoms with Crippen LogP contribution in [-0.2, 0) is 4.79 Å². The number of nitrogens with two attached hydrogens (primary N) is 1. The Bertz CT molecular complexity index is 670. The van der Waals surface area contributed by atoms with Gasteiger partial charge in [0.2, 0.25) is 5.91 Å². The molecule has 7 heteroatoms. The summed E-state index contributed by atoms with van der Waals surface area (Å²) >= 11 is 0. The average Bonchev–Trinajstić information content (AvgIpc) is 3.17. The van der Waals surface area contributed by atoms with Crippen molar-refractivity contribution in [1.82, 2.24) is 5.32 Å². The summed E-state index contributed by atoms with van der Waals surface area (Å²) < 4.78 is 12.0. The van der Waals surface area contributed by atoms with E-state index in [4.69, 9.17) is 15.2 Å². The number of amides is 3. The lowest BCUT2D eigenvalue weighted by atomic mass is 9.98. The third-order valence-electron chi connectivity index (χ3n) is 4.96. The Balaban J connectivity index is 1.71. The van der Waals surface area contributed by atoms with Gasteiger partial charge in [-0.3, -0.25) is 4.79 Å². The fourth-order valence-electron chi connectivity index (χ4n) is 3.36. The standard InChI is InChI=1S/C18H25N3O4/c1-3-11(2)15(21-17(19)23)16(22)20-12-6-7-13-14(10-12)25-18(24-13)8-4-5-9-18/h6-7,10-11,15H,3-5,8-9H2,1-2H3,(H,20,22)(H3,19,21,23)/t11-,15+/m0/s1. The van der Waals surface area contributed by atoms with Crippen molar-refractivity contribution < 1.29 is 19.1 Å². The van der Waals surface area contributed by atoms with E-state index in [0.717, 1.165) is 32.1 Å². The zero-order valence-corrected chi connectivity index (χ0v) is 14.6. The summed E-state index contributed by atoms with van der Waals surface area (Å²) in [6.07, 6.45) is 4.67. The van der Waals surface area contributed by atoms with Crippen molar-refractivity contribution in [2.75, 3.05) is 5.32 Å². The Labute approximate surface area is 147 Å². The molecule has 3 rings (SSSR count). The molecule has 25 heavy (non-hydrogen) atoms. The summed E-state index contributed by atoms with van der Waals surface area (Å²) in [6, 6.07) is 3.94. The number of carbonyl (C=O) groups excluding carboxylic acids is 2. The van der Waals surface area contributed by atoms with Crippen LogP contribution < -0.4 is 25.8 Å². The van der Waals surface area contributed by atoms with Gasteiger partial charge in [-0.05, 0) is 30.9 Å². The molecule has 2 atom stereocenters. The molecule has 0 aromatic heterocycles. The van der Waals surface area contributed by atoms with E-state index in [-0.39, 0.29) is 11.8 Å². The first-order chi connectivity index (χ1) is 11.9. The number of hydrogen-bond donors (Lipinski definition) is 3. The Hall–Kier alpha value is -2.44. The second kappa shape index (κ2) is 6.82. The number of hydrogen-bond acceptors (Lipinski definition) is 4. The van der Waals surface area contributed by atoms with Crippen LogP contribution in [0.1, 0.15) is 46.0 Å². The van der Waals surface area contributed by atoms with Crippen LogP contribution in [0.25, 0.3) is 0 Å². The molecular formula is C18H25N3O4. The fraction of sp³-hybridized carbons (Fsp3) is 0.556. The Morgan fingerprint density at radius 2 is 1.92 bits per heavy atom. The molecule has 1 spiro atoms. The van der Waals surface area contributed by atoms with Gasteiger partial charge in [0.1, 0.15) is 6.04 Å². The van der Waals surface area contributed by atoms with Gasteiger partial charge in [-0.1, -0.05) is 20.3 Å². The van der Waals surface area contributed by atoms with Gasteiger partial charge < -0.3 is 25.8 Å². The van der Waals surface area contributed by atoms with E-state index in [1.165, 1.54) is 0 Å². The number of ether oxygens (including phenoxy) is 2. The smallest absolute Gasteiger partial charge is 0.312 e. The zero-order valence-electron chi connectivity index (χ0n) is 14.6. The van der Waals surface area contributed by atoms with Crippen molar-refractivity contribution in [2.24, 2.45) is 11.7 Å². The lowest BCUT2D eigenvalue weighted by Crippen LogP contribution is -2.49. The van der Waals surface area contributed by atoms with E-state index in [0.29, 0.717) is 17.2 Å². The van der Waals surface area contributed by atoms with Crippen LogP contribution >= 0.6 is 0 Å². The molecule has 0 radical (unpaired) electrons. The molecule has 1 aromatic rings. The first kappa shape index (κ1) is 17.4. The van der Waals surface area contributed by atoms with Gasteiger partial charge in [-0.2, -0.15) is 0 Å². The van der Waals surface area contributed by atoms with Gasteiger partial charge in [-0.25, -0.2) is 4.79 Å². The molecule has 4 N–H and O–H groups in total. The molecule has 1 aliphatic carbocycles. The van der Waals surface area contributed by atoms with E-state index < -0.39 is 17.9 Å². The molecule has 1 aliphatic heterocycles. The third-order valence-corrected chi connectivity index (χ3v) is 4.96. The highest BCUT2D eigenvalue weighted by Crippen LogP contribution is 2.47. The summed E-state index contributed by atoms with van der Waals surface area (Å²) in [6.45, 7) is 3.85. The lowest BCUT2D eigenvalue weighted by Gasteiger charge is -2.22. The van der Waals surface area contributed by atoms with E-state index in [1.807, 2.05) is 13.8 Å². The monoisotopic (exact) mass is 347 g/mol. The highest BCUT2D eigenvalue weighted by molar-refractivity contribution is 5.97. The van der Waals surface area contributed by atoms with E-state index in [1.54, 1.807) is 18.2 Å². The Morgan fingerprint density at radius 3 is 2.56 bits per heavy atom. The largest absolute Gasteiger partial charge is 0.448 e. The molecule has 7 nitrogen and oxygen atoms in total. The minimum absolute atomic E-state index is 0.0386. The molecule has 0 saturated heterocycles. The first-order valence-electron chi connectivity index (χ1n) is 8.81. The van der Waals surface area contributed by atoms with Gasteiger partial charge in [0, 0.05) is 24.6 Å². The third kappa shape index (κ3) is 3.65. The summed E-state index contributed by atoms with van der Waals surface area (Å²) in [5.74, 6) is 0.472. The van der Waals surface area contributed by atoms with Gasteiger partial charge in [-0.15, -0.1) is 0 Å². The van der Waals surface area contributed by atoms with Crippen LogP contribution in [0.5, 0.6) is 11.5 Å². The number of urea groups is 1. The van der Waals surface area contributed by atoms with Crippen LogP contribution in [0.3, 0.4) is 0 Å². The van der Waals surface area contributed by atoms with Gasteiger partial charge in [0.15, 0.2) is 11.5 Å².